The quantitative estimate of drug-likeness (QED) is 0.570. The highest BCUT2D eigenvalue weighted by Crippen LogP contribution is 2.34. The third-order valence-corrected chi connectivity index (χ3v) is 5.66. The van der Waals surface area contributed by atoms with Crippen LogP contribution >= 0.6 is 35.6 Å². The van der Waals surface area contributed by atoms with Crippen LogP contribution in [-0.2, 0) is 9.59 Å². The van der Waals surface area contributed by atoms with Crippen molar-refractivity contribution in [3.8, 4) is 0 Å². The van der Waals surface area contributed by atoms with Gasteiger partial charge in [0, 0.05) is 10.7 Å². The lowest BCUT2D eigenvalue weighted by atomic mass is 10.2. The van der Waals surface area contributed by atoms with Gasteiger partial charge < -0.3 is 5.32 Å². The van der Waals surface area contributed by atoms with Crippen LogP contribution < -0.4 is 5.32 Å². The molecule has 2 aromatic carbocycles. The molecule has 0 aromatic heterocycles. The Morgan fingerprint density at radius 3 is 2.44 bits per heavy atom. The number of thioether (sulfide) groups is 1. The Kier molecular flexibility index (Phi) is 5.99. The number of amides is 2. The van der Waals surface area contributed by atoms with Crippen molar-refractivity contribution >= 4 is 63.5 Å². The Hall–Kier alpha value is -2.15. The third-order valence-electron chi connectivity index (χ3n) is 4.08. The van der Waals surface area contributed by atoms with E-state index in [1.807, 2.05) is 43.3 Å². The first kappa shape index (κ1) is 19.6. The van der Waals surface area contributed by atoms with Crippen LogP contribution in [0.25, 0.3) is 6.08 Å². The Bertz CT molecular complexity index is 924. The molecule has 27 heavy (non-hydrogen) atoms. The Balaban J connectivity index is 1.74. The van der Waals surface area contributed by atoms with Crippen molar-refractivity contribution in [3.05, 3.63) is 69.6 Å². The van der Waals surface area contributed by atoms with Crippen molar-refractivity contribution in [2.75, 3.05) is 5.32 Å². The number of aryl methyl sites for hydroxylation is 1. The molecule has 0 bridgehead atoms. The number of hydrogen-bond donors (Lipinski definition) is 1. The SMILES string of the molecule is Cc1ccc(NC(=O)C(C)N2C(=O)/C(=C/c3ccc(Cl)cc3)SC2=S)cc1. The largest absolute Gasteiger partial charge is 0.324 e. The monoisotopic (exact) mass is 416 g/mol. The average molecular weight is 417 g/mol. The lowest BCUT2D eigenvalue weighted by Crippen LogP contribution is -2.44. The molecule has 0 spiro atoms. The number of anilines is 1. The van der Waals surface area contributed by atoms with Crippen LogP contribution in [-0.4, -0.2) is 27.1 Å². The first-order valence-electron chi connectivity index (χ1n) is 8.25. The maximum atomic E-state index is 12.8. The number of thiocarbonyl (C=S) groups is 1. The van der Waals surface area contributed by atoms with Crippen LogP contribution in [0.1, 0.15) is 18.1 Å². The summed E-state index contributed by atoms with van der Waals surface area (Å²) in [5.74, 6) is -0.561. The zero-order chi connectivity index (χ0) is 19.6. The molecule has 0 radical (unpaired) electrons. The van der Waals surface area contributed by atoms with Crippen molar-refractivity contribution in [2.45, 2.75) is 19.9 Å². The van der Waals surface area contributed by atoms with E-state index in [1.54, 1.807) is 25.1 Å². The molecular weight excluding hydrogens is 400 g/mol. The summed E-state index contributed by atoms with van der Waals surface area (Å²) in [6, 6.07) is 13.9. The van der Waals surface area contributed by atoms with Gasteiger partial charge in [0.2, 0.25) is 5.91 Å². The minimum atomic E-state index is -0.713. The fraction of sp³-hybridized carbons (Fsp3) is 0.150. The maximum absolute atomic E-state index is 12.8. The first-order chi connectivity index (χ1) is 12.8. The van der Waals surface area contributed by atoms with Crippen LogP contribution in [0.2, 0.25) is 5.02 Å². The van der Waals surface area contributed by atoms with Crippen molar-refractivity contribution in [1.82, 2.24) is 4.90 Å². The summed E-state index contributed by atoms with van der Waals surface area (Å²) < 4.78 is 0.367. The van der Waals surface area contributed by atoms with Gasteiger partial charge in [0.1, 0.15) is 10.4 Å². The molecular formula is C20H17ClN2O2S2. The molecule has 4 nitrogen and oxygen atoms in total. The summed E-state index contributed by atoms with van der Waals surface area (Å²) in [6.45, 7) is 3.64. The van der Waals surface area contributed by atoms with Crippen LogP contribution in [0.15, 0.2) is 53.4 Å². The van der Waals surface area contributed by atoms with Crippen LogP contribution in [0.5, 0.6) is 0 Å². The number of halogens is 1. The normalized spacial score (nSPS) is 16.7. The zero-order valence-electron chi connectivity index (χ0n) is 14.7. The van der Waals surface area contributed by atoms with Gasteiger partial charge in [-0.15, -0.1) is 0 Å². The van der Waals surface area contributed by atoms with Crippen LogP contribution in [0.4, 0.5) is 5.69 Å². The number of benzene rings is 2. The summed E-state index contributed by atoms with van der Waals surface area (Å²) in [7, 11) is 0. The molecule has 2 amide bonds. The standard InChI is InChI=1S/C20H17ClN2O2S2/c1-12-3-9-16(10-4-12)22-18(24)13(2)23-19(25)17(27-20(23)26)11-14-5-7-15(21)8-6-14/h3-11,13H,1-2H3,(H,22,24)/b17-11-. The van der Waals surface area contributed by atoms with E-state index in [0.717, 1.165) is 11.1 Å². The summed E-state index contributed by atoms with van der Waals surface area (Å²) in [5, 5.41) is 3.45. The van der Waals surface area contributed by atoms with E-state index in [1.165, 1.54) is 16.7 Å². The molecule has 1 aliphatic rings. The van der Waals surface area contributed by atoms with Gasteiger partial charge in [-0.05, 0) is 49.8 Å². The predicted molar refractivity (Wildman–Crippen MR) is 116 cm³/mol. The fourth-order valence-electron chi connectivity index (χ4n) is 2.52. The van der Waals surface area contributed by atoms with Gasteiger partial charge in [0.15, 0.2) is 0 Å². The van der Waals surface area contributed by atoms with Gasteiger partial charge in [-0.1, -0.05) is 65.4 Å². The van der Waals surface area contributed by atoms with Gasteiger partial charge in [0.05, 0.1) is 4.91 Å². The molecule has 1 fully saturated rings. The fourth-order valence-corrected chi connectivity index (χ4v) is 4.07. The number of nitrogens with zero attached hydrogens (tertiary/aromatic N) is 1. The van der Waals surface area contributed by atoms with E-state index in [0.29, 0.717) is 19.9 Å². The van der Waals surface area contributed by atoms with Crippen molar-refractivity contribution in [1.29, 1.82) is 0 Å². The van der Waals surface area contributed by atoms with E-state index in [9.17, 15) is 9.59 Å². The van der Waals surface area contributed by atoms with Gasteiger partial charge in [-0.3, -0.25) is 14.5 Å². The molecule has 0 aliphatic carbocycles. The molecule has 1 saturated heterocycles. The summed E-state index contributed by atoms with van der Waals surface area (Å²) in [4.78, 5) is 27.2. The molecule has 2 aromatic rings. The third kappa shape index (κ3) is 4.58. The van der Waals surface area contributed by atoms with Gasteiger partial charge in [-0.25, -0.2) is 0 Å². The number of rotatable bonds is 4. The molecule has 138 valence electrons. The minimum Gasteiger partial charge on any atom is -0.324 e. The number of nitrogens with one attached hydrogen (secondary N) is 1. The maximum Gasteiger partial charge on any atom is 0.266 e. The Morgan fingerprint density at radius 2 is 1.81 bits per heavy atom. The summed E-state index contributed by atoms with van der Waals surface area (Å²) >= 11 is 12.4. The number of carbonyl (C=O) groups excluding carboxylic acids is 2. The second-order valence-corrected chi connectivity index (χ2v) is 8.25. The van der Waals surface area contributed by atoms with E-state index in [-0.39, 0.29) is 11.8 Å². The number of carbonyl (C=O) groups is 2. The van der Waals surface area contributed by atoms with E-state index < -0.39 is 6.04 Å². The predicted octanol–water partition coefficient (Wildman–Crippen LogP) is 4.88. The highest BCUT2D eigenvalue weighted by atomic mass is 35.5. The second kappa shape index (κ2) is 8.25. The summed E-state index contributed by atoms with van der Waals surface area (Å²) in [6.07, 6.45) is 1.75. The van der Waals surface area contributed by atoms with E-state index >= 15 is 0 Å². The molecule has 1 atom stereocenters. The lowest BCUT2D eigenvalue weighted by molar-refractivity contribution is -0.129. The van der Waals surface area contributed by atoms with Crippen molar-refractivity contribution in [2.24, 2.45) is 0 Å². The average Bonchev–Trinajstić information content (AvgIpc) is 2.91. The van der Waals surface area contributed by atoms with Gasteiger partial charge in [-0.2, -0.15) is 0 Å². The van der Waals surface area contributed by atoms with Crippen LogP contribution in [0, 0.1) is 6.92 Å². The van der Waals surface area contributed by atoms with Gasteiger partial charge >= 0.3 is 0 Å². The smallest absolute Gasteiger partial charge is 0.266 e. The van der Waals surface area contributed by atoms with Crippen molar-refractivity contribution in [3.63, 3.8) is 0 Å². The molecule has 1 N–H and O–H groups in total. The molecule has 0 saturated carbocycles. The second-order valence-electron chi connectivity index (χ2n) is 6.13. The highest BCUT2D eigenvalue weighted by Gasteiger charge is 2.38. The topological polar surface area (TPSA) is 49.4 Å². The van der Waals surface area contributed by atoms with Crippen molar-refractivity contribution < 1.29 is 9.59 Å². The lowest BCUT2D eigenvalue weighted by Gasteiger charge is -2.22. The molecule has 1 heterocycles. The van der Waals surface area contributed by atoms with E-state index in [2.05, 4.69) is 5.32 Å². The molecule has 7 heteroatoms. The van der Waals surface area contributed by atoms with Gasteiger partial charge in [0.25, 0.3) is 5.91 Å². The Morgan fingerprint density at radius 1 is 1.19 bits per heavy atom. The Labute approximate surface area is 172 Å². The molecule has 1 aliphatic heterocycles. The molecule has 3 rings (SSSR count). The summed E-state index contributed by atoms with van der Waals surface area (Å²) in [5.41, 5.74) is 2.63. The molecule has 1 unspecified atom stereocenters. The minimum absolute atomic E-state index is 0.272. The highest BCUT2D eigenvalue weighted by molar-refractivity contribution is 8.26. The zero-order valence-corrected chi connectivity index (χ0v) is 17.1. The number of hydrogen-bond acceptors (Lipinski definition) is 4. The van der Waals surface area contributed by atoms with Crippen LogP contribution in [0.3, 0.4) is 0 Å². The first-order valence-corrected chi connectivity index (χ1v) is 9.85. The van der Waals surface area contributed by atoms with E-state index in [4.69, 9.17) is 23.8 Å².